The fourth-order valence-corrected chi connectivity index (χ4v) is 4.57. The van der Waals surface area contributed by atoms with Gasteiger partial charge in [0.2, 0.25) is 5.69 Å². The first-order valence-electron chi connectivity index (χ1n) is 11.7. The maximum atomic E-state index is 13.0. The zero-order valence-corrected chi connectivity index (χ0v) is 19.7. The van der Waals surface area contributed by atoms with Gasteiger partial charge >= 0.3 is 12.1 Å². The number of hydrogen-bond acceptors (Lipinski definition) is 2. The van der Waals surface area contributed by atoms with Crippen LogP contribution in [0.5, 0.6) is 0 Å². The van der Waals surface area contributed by atoms with Gasteiger partial charge in [-0.2, -0.15) is 13.2 Å². The molecule has 38 heavy (non-hydrogen) atoms. The highest BCUT2D eigenvalue weighted by Gasteiger charge is 2.30. The Morgan fingerprint density at radius 1 is 0.816 bits per heavy atom. The first-order valence-corrected chi connectivity index (χ1v) is 11.7. The van der Waals surface area contributed by atoms with Crippen molar-refractivity contribution in [3.05, 3.63) is 121 Å². The van der Waals surface area contributed by atoms with Gasteiger partial charge in [0, 0.05) is 5.56 Å². The molecule has 1 N–H and O–H groups in total. The summed E-state index contributed by atoms with van der Waals surface area (Å²) in [4.78, 5) is 11.9. The highest BCUT2D eigenvalue weighted by Crippen LogP contribution is 2.35. The van der Waals surface area contributed by atoms with Crippen LogP contribution in [0.15, 0.2) is 110 Å². The van der Waals surface area contributed by atoms with Crippen molar-refractivity contribution in [2.75, 3.05) is 0 Å². The van der Waals surface area contributed by atoms with Gasteiger partial charge in [0.05, 0.1) is 22.4 Å². The summed E-state index contributed by atoms with van der Waals surface area (Å²) in [7, 11) is 0. The molecule has 0 unspecified atom stereocenters. The van der Waals surface area contributed by atoms with Crippen LogP contribution in [0.2, 0.25) is 0 Å². The normalized spacial score (nSPS) is 11.8. The second kappa shape index (κ2) is 8.85. The number of aromatic nitrogens is 3. The van der Waals surface area contributed by atoms with E-state index in [9.17, 15) is 23.1 Å². The van der Waals surface area contributed by atoms with Crippen LogP contribution >= 0.6 is 0 Å². The minimum Gasteiger partial charge on any atom is -0.478 e. The number of benzene rings is 4. The minimum absolute atomic E-state index is 0.123. The van der Waals surface area contributed by atoms with Crippen molar-refractivity contribution in [3.63, 3.8) is 0 Å². The zero-order valence-electron chi connectivity index (χ0n) is 19.7. The van der Waals surface area contributed by atoms with Crippen LogP contribution in [0.4, 0.5) is 13.2 Å². The van der Waals surface area contributed by atoms with E-state index in [-0.39, 0.29) is 5.56 Å². The average molecular weight is 510 g/mol. The van der Waals surface area contributed by atoms with Crippen molar-refractivity contribution in [2.45, 2.75) is 6.18 Å². The molecule has 0 atom stereocenters. The number of fused-ring (bicyclic) bond motifs is 2. The molecule has 0 saturated carbocycles. The van der Waals surface area contributed by atoms with Crippen LogP contribution in [0.1, 0.15) is 15.9 Å². The Balaban J connectivity index is 1.41. The third kappa shape index (κ3) is 4.26. The highest BCUT2D eigenvalue weighted by atomic mass is 19.4. The van der Waals surface area contributed by atoms with E-state index in [0.29, 0.717) is 16.5 Å². The van der Waals surface area contributed by atoms with Crippen LogP contribution in [-0.4, -0.2) is 20.8 Å². The Bertz CT molecular complexity index is 1790. The molecule has 0 aliphatic carbocycles. The molecular weight excluding hydrogens is 491 g/mol. The van der Waals surface area contributed by atoms with E-state index in [2.05, 4.69) is 5.10 Å². The molecule has 4 aromatic carbocycles. The number of carboxylic acids is 1. The van der Waals surface area contributed by atoms with E-state index in [0.717, 1.165) is 39.9 Å². The van der Waals surface area contributed by atoms with Gasteiger partial charge in [-0.3, -0.25) is 0 Å². The number of hydrogen-bond donors (Lipinski definition) is 1. The SMILES string of the molecule is O=C(O)c1cc(-c2ccc(-c3c[n+]4ccccn4n3)cc2)c2ccc(-c3ccc(C(F)(F)F)cc3)cc2c1. The molecule has 8 heteroatoms. The van der Waals surface area contributed by atoms with Gasteiger partial charge in [-0.15, -0.1) is 4.52 Å². The Labute approximate surface area is 214 Å². The first-order chi connectivity index (χ1) is 18.3. The van der Waals surface area contributed by atoms with Crippen molar-refractivity contribution in [1.82, 2.24) is 9.73 Å². The Morgan fingerprint density at radius 3 is 2.18 bits per heavy atom. The fraction of sp³-hybridized carbons (Fsp3) is 0.0333. The molecule has 0 radical (unpaired) electrons. The molecule has 0 spiro atoms. The van der Waals surface area contributed by atoms with Crippen LogP contribution in [-0.2, 0) is 6.18 Å². The first kappa shape index (κ1) is 23.4. The third-order valence-corrected chi connectivity index (χ3v) is 6.51. The lowest BCUT2D eigenvalue weighted by Gasteiger charge is -2.12. The predicted molar refractivity (Wildman–Crippen MR) is 137 cm³/mol. The van der Waals surface area contributed by atoms with Crippen molar-refractivity contribution in [1.29, 1.82) is 0 Å². The summed E-state index contributed by atoms with van der Waals surface area (Å²) < 4.78 is 42.5. The molecule has 0 fully saturated rings. The molecule has 2 heterocycles. The second-order valence-corrected chi connectivity index (χ2v) is 8.92. The fourth-order valence-electron chi connectivity index (χ4n) is 4.57. The summed E-state index contributed by atoms with van der Waals surface area (Å²) in [5, 5.41) is 15.8. The molecule has 186 valence electrons. The summed E-state index contributed by atoms with van der Waals surface area (Å²) in [5.41, 5.74) is 3.99. The Kier molecular flexibility index (Phi) is 5.45. The molecule has 0 saturated heterocycles. The Morgan fingerprint density at radius 2 is 1.50 bits per heavy atom. The number of nitrogens with zero attached hydrogens (tertiary/aromatic N) is 3. The molecule has 2 aromatic heterocycles. The Hall–Kier alpha value is -4.98. The van der Waals surface area contributed by atoms with Gasteiger partial charge in [-0.05, 0) is 92.3 Å². The molecule has 6 rings (SSSR count). The quantitative estimate of drug-likeness (QED) is 0.266. The van der Waals surface area contributed by atoms with Gasteiger partial charge in [-0.1, -0.05) is 36.4 Å². The number of carboxylic acid groups (broad SMARTS) is 1. The van der Waals surface area contributed by atoms with Gasteiger partial charge in [0.25, 0.3) is 0 Å². The maximum absolute atomic E-state index is 13.0. The van der Waals surface area contributed by atoms with Crippen molar-refractivity contribution >= 4 is 16.7 Å². The number of alkyl halides is 3. The van der Waals surface area contributed by atoms with Crippen LogP contribution in [0, 0.1) is 0 Å². The van der Waals surface area contributed by atoms with E-state index in [1.165, 1.54) is 12.1 Å². The lowest BCUT2D eigenvalue weighted by Crippen LogP contribution is -2.26. The average Bonchev–Trinajstić information content (AvgIpc) is 3.36. The van der Waals surface area contributed by atoms with E-state index in [1.54, 1.807) is 22.8 Å². The van der Waals surface area contributed by atoms with E-state index in [4.69, 9.17) is 0 Å². The standard InChI is InChI=1S/C30H18F3N3O2/c31-30(32,33)25-10-7-19(8-11-25)22-9-12-26-23(15-22)16-24(29(37)38)17-27(26)20-3-5-21(6-4-20)28-18-35-13-1-2-14-36(35)34-28/h1-18H/p+1. The molecular formula is C30H19F3N3O2+. The monoisotopic (exact) mass is 510 g/mol. The molecule has 5 nitrogen and oxygen atoms in total. The maximum Gasteiger partial charge on any atom is 0.416 e. The number of rotatable bonds is 4. The third-order valence-electron chi connectivity index (χ3n) is 6.51. The molecule has 6 aromatic rings. The smallest absolute Gasteiger partial charge is 0.416 e. The largest absolute Gasteiger partial charge is 0.478 e. The molecule has 0 aliphatic heterocycles. The van der Waals surface area contributed by atoms with E-state index >= 15 is 0 Å². The second-order valence-electron chi connectivity index (χ2n) is 8.92. The van der Waals surface area contributed by atoms with Gasteiger partial charge in [-0.25, -0.2) is 4.79 Å². The minimum atomic E-state index is -4.41. The number of halogens is 3. The molecule has 0 amide bonds. The summed E-state index contributed by atoms with van der Waals surface area (Å²) in [6.07, 6.45) is 1.25. The van der Waals surface area contributed by atoms with E-state index in [1.807, 2.05) is 71.6 Å². The zero-order chi connectivity index (χ0) is 26.4. The number of aromatic carboxylic acids is 1. The van der Waals surface area contributed by atoms with Gasteiger partial charge in [0.1, 0.15) is 6.20 Å². The van der Waals surface area contributed by atoms with Crippen LogP contribution in [0.25, 0.3) is 44.3 Å². The van der Waals surface area contributed by atoms with Crippen molar-refractivity contribution in [2.24, 2.45) is 0 Å². The molecule has 0 bridgehead atoms. The van der Waals surface area contributed by atoms with Gasteiger partial charge < -0.3 is 5.11 Å². The van der Waals surface area contributed by atoms with Crippen molar-refractivity contribution in [3.8, 4) is 33.5 Å². The summed E-state index contributed by atoms with van der Waals surface area (Å²) in [6.45, 7) is 0. The summed E-state index contributed by atoms with van der Waals surface area (Å²) >= 11 is 0. The van der Waals surface area contributed by atoms with E-state index < -0.39 is 17.7 Å². The van der Waals surface area contributed by atoms with Crippen molar-refractivity contribution < 1.29 is 27.6 Å². The molecule has 0 aliphatic rings. The lowest BCUT2D eigenvalue weighted by molar-refractivity contribution is -0.622. The number of carbonyl (C=O) groups is 1. The highest BCUT2D eigenvalue weighted by molar-refractivity contribution is 6.04. The van der Waals surface area contributed by atoms with Crippen LogP contribution in [0.3, 0.4) is 0 Å². The van der Waals surface area contributed by atoms with Crippen LogP contribution < -0.4 is 4.52 Å². The summed E-state index contributed by atoms with van der Waals surface area (Å²) in [5.74, 6) is -1.06. The van der Waals surface area contributed by atoms with Gasteiger partial charge in [0.15, 0.2) is 6.20 Å². The lowest BCUT2D eigenvalue weighted by atomic mass is 9.92. The summed E-state index contributed by atoms with van der Waals surface area (Å²) in [6, 6.07) is 25.2. The predicted octanol–water partition coefficient (Wildman–Crippen LogP) is 6.79. The topological polar surface area (TPSA) is 58.7 Å².